The molecule has 0 spiro atoms. The van der Waals surface area contributed by atoms with Crippen molar-refractivity contribution in [3.63, 3.8) is 0 Å². The molecule has 0 radical (unpaired) electrons. The first kappa shape index (κ1) is 19.4. The van der Waals surface area contributed by atoms with E-state index in [0.717, 1.165) is 19.7 Å². The predicted octanol–water partition coefficient (Wildman–Crippen LogP) is 2.60. The van der Waals surface area contributed by atoms with E-state index in [1.807, 2.05) is 24.3 Å². The molecule has 2 rings (SSSR count). The Morgan fingerprint density at radius 2 is 1.72 bits per heavy atom. The van der Waals surface area contributed by atoms with Crippen molar-refractivity contribution in [2.75, 3.05) is 17.1 Å². The molecule has 132 valence electrons. The molecular weight excluding hydrogens is 453 g/mol. The second-order valence-electron chi connectivity index (χ2n) is 5.34. The van der Waals surface area contributed by atoms with Crippen LogP contribution >= 0.6 is 22.6 Å². The Kier molecular flexibility index (Phi) is 6.54. The van der Waals surface area contributed by atoms with Gasteiger partial charge in [-0.15, -0.1) is 0 Å². The largest absolute Gasteiger partial charge is 0.271 e. The molecule has 0 aromatic heterocycles. The van der Waals surface area contributed by atoms with Gasteiger partial charge in [-0.25, -0.2) is 13.8 Å². The summed E-state index contributed by atoms with van der Waals surface area (Å²) in [7, 11) is -3.59. The number of rotatable bonds is 6. The Labute approximate surface area is 161 Å². The van der Waals surface area contributed by atoms with Crippen molar-refractivity contribution in [1.29, 1.82) is 0 Å². The predicted molar refractivity (Wildman–Crippen MR) is 108 cm³/mol. The lowest BCUT2D eigenvalue weighted by Crippen LogP contribution is -2.39. The van der Waals surface area contributed by atoms with Gasteiger partial charge in [-0.3, -0.25) is 9.10 Å². The molecule has 0 unspecified atom stereocenters. The normalized spacial score (nSPS) is 11.9. The van der Waals surface area contributed by atoms with Crippen LogP contribution in [0, 0.1) is 3.57 Å². The minimum absolute atomic E-state index is 0.341. The first-order valence-electron chi connectivity index (χ1n) is 7.39. The molecule has 0 atom stereocenters. The van der Waals surface area contributed by atoms with Gasteiger partial charge in [0.05, 0.1) is 17.7 Å². The van der Waals surface area contributed by atoms with Crippen LogP contribution in [0.2, 0.25) is 0 Å². The molecule has 0 aliphatic carbocycles. The van der Waals surface area contributed by atoms with Crippen LogP contribution in [0.5, 0.6) is 0 Å². The topological polar surface area (TPSA) is 78.8 Å². The van der Waals surface area contributed by atoms with Gasteiger partial charge in [0, 0.05) is 3.57 Å². The molecule has 0 saturated carbocycles. The van der Waals surface area contributed by atoms with Gasteiger partial charge in [0.2, 0.25) is 10.0 Å². The van der Waals surface area contributed by atoms with Crippen LogP contribution in [0.3, 0.4) is 0 Å². The second kappa shape index (κ2) is 8.43. The number of carbonyl (C=O) groups is 1. The summed E-state index contributed by atoms with van der Waals surface area (Å²) in [6.07, 6.45) is 1.06. The maximum absolute atomic E-state index is 12.1. The molecule has 1 amide bonds. The number of sulfonamides is 1. The van der Waals surface area contributed by atoms with Crippen LogP contribution in [-0.4, -0.2) is 32.8 Å². The smallest absolute Gasteiger partial charge is 0.260 e. The lowest BCUT2D eigenvalue weighted by molar-refractivity contribution is -0.119. The van der Waals surface area contributed by atoms with Gasteiger partial charge in [-0.2, -0.15) is 5.10 Å². The van der Waals surface area contributed by atoms with Crippen molar-refractivity contribution < 1.29 is 13.2 Å². The molecule has 0 aliphatic heterocycles. The quantitative estimate of drug-likeness (QED) is 0.400. The number of carbonyl (C=O) groups excluding carboxylic acids is 1. The Morgan fingerprint density at radius 1 is 1.12 bits per heavy atom. The third-order valence-corrected chi connectivity index (χ3v) is 5.20. The summed E-state index contributed by atoms with van der Waals surface area (Å²) in [4.78, 5) is 12.1. The number of nitrogens with zero attached hydrogens (tertiary/aromatic N) is 2. The van der Waals surface area contributed by atoms with Gasteiger partial charge < -0.3 is 0 Å². The number of amides is 1. The monoisotopic (exact) mass is 471 g/mol. The molecule has 6 nitrogen and oxygen atoms in total. The van der Waals surface area contributed by atoms with Crippen molar-refractivity contribution in [2.24, 2.45) is 5.10 Å². The van der Waals surface area contributed by atoms with Crippen LogP contribution in [-0.2, 0) is 14.8 Å². The van der Waals surface area contributed by atoms with E-state index in [4.69, 9.17) is 0 Å². The van der Waals surface area contributed by atoms with E-state index in [9.17, 15) is 13.2 Å². The van der Waals surface area contributed by atoms with E-state index in [0.29, 0.717) is 11.4 Å². The third-order valence-electron chi connectivity index (χ3n) is 3.34. The zero-order valence-corrected chi connectivity index (χ0v) is 16.8. The Morgan fingerprint density at radius 3 is 2.28 bits per heavy atom. The number of hydrazone groups is 1. The summed E-state index contributed by atoms with van der Waals surface area (Å²) < 4.78 is 26.1. The second-order valence-corrected chi connectivity index (χ2v) is 8.50. The lowest BCUT2D eigenvalue weighted by Gasteiger charge is -2.21. The average molecular weight is 471 g/mol. The highest BCUT2D eigenvalue weighted by atomic mass is 127. The highest BCUT2D eigenvalue weighted by Crippen LogP contribution is 2.16. The summed E-state index contributed by atoms with van der Waals surface area (Å²) in [6, 6.07) is 16.2. The average Bonchev–Trinajstić information content (AvgIpc) is 2.58. The summed E-state index contributed by atoms with van der Waals surface area (Å²) in [5.74, 6) is -0.515. The fourth-order valence-electron chi connectivity index (χ4n) is 2.06. The first-order chi connectivity index (χ1) is 11.8. The van der Waals surface area contributed by atoms with Crippen molar-refractivity contribution in [1.82, 2.24) is 5.43 Å². The molecule has 0 aliphatic rings. The van der Waals surface area contributed by atoms with E-state index in [1.165, 1.54) is 0 Å². The van der Waals surface area contributed by atoms with E-state index < -0.39 is 15.9 Å². The van der Waals surface area contributed by atoms with Crippen LogP contribution in [0.1, 0.15) is 12.5 Å². The number of hydrogen-bond donors (Lipinski definition) is 1. The number of halogens is 1. The number of anilines is 1. The van der Waals surface area contributed by atoms with Crippen molar-refractivity contribution in [3.05, 3.63) is 63.7 Å². The van der Waals surface area contributed by atoms with Crippen LogP contribution in [0.25, 0.3) is 0 Å². The minimum Gasteiger partial charge on any atom is -0.271 e. The molecule has 2 aromatic rings. The summed E-state index contributed by atoms with van der Waals surface area (Å²) in [5, 5.41) is 4.05. The zero-order chi connectivity index (χ0) is 18.4. The Bertz CT molecular complexity index is 866. The maximum atomic E-state index is 12.1. The van der Waals surface area contributed by atoms with E-state index >= 15 is 0 Å². The Balaban J connectivity index is 2.09. The zero-order valence-electron chi connectivity index (χ0n) is 13.8. The standard InChI is InChI=1S/C17H18IN3O3S/c1-13(14-8-10-15(18)11-9-14)19-20-17(22)12-21(25(2,23)24)16-6-4-3-5-7-16/h3-11H,12H2,1-2H3,(H,20,22)/b19-13-. The molecule has 2 aromatic carbocycles. The van der Waals surface area contributed by atoms with Gasteiger partial charge in [0.15, 0.2) is 0 Å². The molecule has 1 N–H and O–H groups in total. The minimum atomic E-state index is -3.59. The fraction of sp³-hybridized carbons (Fsp3) is 0.176. The summed E-state index contributed by atoms with van der Waals surface area (Å²) in [5.41, 5.74) is 4.35. The summed E-state index contributed by atoms with van der Waals surface area (Å²) in [6.45, 7) is 1.43. The highest BCUT2D eigenvalue weighted by Gasteiger charge is 2.20. The molecule has 0 saturated heterocycles. The van der Waals surface area contributed by atoms with Crippen molar-refractivity contribution >= 4 is 49.9 Å². The lowest BCUT2D eigenvalue weighted by atomic mass is 10.1. The van der Waals surface area contributed by atoms with Crippen molar-refractivity contribution in [2.45, 2.75) is 6.92 Å². The van der Waals surface area contributed by atoms with Crippen LogP contribution in [0.15, 0.2) is 59.7 Å². The molecule has 25 heavy (non-hydrogen) atoms. The van der Waals surface area contributed by atoms with Gasteiger partial charge in [-0.1, -0.05) is 30.3 Å². The molecular formula is C17H18IN3O3S. The number of hydrogen-bond acceptors (Lipinski definition) is 4. The molecule has 8 heteroatoms. The summed E-state index contributed by atoms with van der Waals surface area (Å²) >= 11 is 2.21. The number of benzene rings is 2. The SMILES string of the molecule is C/C(=N/NC(=O)CN(c1ccccc1)S(C)(=O)=O)c1ccc(I)cc1. The molecule has 0 fully saturated rings. The van der Waals surface area contributed by atoms with Gasteiger partial charge in [0.25, 0.3) is 5.91 Å². The third kappa shape index (κ3) is 5.82. The molecule has 0 bridgehead atoms. The number of nitrogens with one attached hydrogen (secondary N) is 1. The first-order valence-corrected chi connectivity index (χ1v) is 10.3. The molecule has 0 heterocycles. The van der Waals surface area contributed by atoms with E-state index in [1.54, 1.807) is 37.3 Å². The van der Waals surface area contributed by atoms with Crippen molar-refractivity contribution in [3.8, 4) is 0 Å². The van der Waals surface area contributed by atoms with E-state index in [-0.39, 0.29) is 6.54 Å². The Hall–Kier alpha value is -1.94. The maximum Gasteiger partial charge on any atom is 0.260 e. The number of para-hydroxylation sites is 1. The van der Waals surface area contributed by atoms with Gasteiger partial charge in [-0.05, 0) is 59.3 Å². The highest BCUT2D eigenvalue weighted by molar-refractivity contribution is 14.1. The fourth-order valence-corrected chi connectivity index (χ4v) is 3.28. The van der Waals surface area contributed by atoms with Crippen LogP contribution < -0.4 is 9.73 Å². The van der Waals surface area contributed by atoms with E-state index in [2.05, 4.69) is 33.1 Å². The van der Waals surface area contributed by atoms with Gasteiger partial charge >= 0.3 is 0 Å². The van der Waals surface area contributed by atoms with Gasteiger partial charge in [0.1, 0.15) is 6.54 Å². The van der Waals surface area contributed by atoms with Crippen LogP contribution in [0.4, 0.5) is 5.69 Å².